The van der Waals surface area contributed by atoms with Gasteiger partial charge in [0.15, 0.2) is 0 Å². The molecule has 12 heavy (non-hydrogen) atoms. The second-order valence-corrected chi connectivity index (χ2v) is 3.03. The van der Waals surface area contributed by atoms with E-state index < -0.39 is 0 Å². The van der Waals surface area contributed by atoms with Crippen LogP contribution in [0.4, 0.5) is 0 Å². The summed E-state index contributed by atoms with van der Waals surface area (Å²) in [7, 11) is 0. The molecule has 0 radical (unpaired) electrons. The summed E-state index contributed by atoms with van der Waals surface area (Å²) in [6.07, 6.45) is 0. The summed E-state index contributed by atoms with van der Waals surface area (Å²) < 4.78 is 4.85. The highest BCUT2D eigenvalue weighted by atomic mass is 16.5. The molecule has 0 aromatic heterocycles. The Bertz CT molecular complexity index is 164. The quantitative estimate of drug-likeness (QED) is 0.382. The van der Waals surface area contributed by atoms with Gasteiger partial charge in [-0.25, -0.2) is 4.79 Å². The van der Waals surface area contributed by atoms with Gasteiger partial charge in [0.2, 0.25) is 0 Å². The van der Waals surface area contributed by atoms with E-state index in [1.54, 1.807) is 6.92 Å². The third kappa shape index (κ3) is 5.92. The van der Waals surface area contributed by atoms with E-state index in [2.05, 4.69) is 11.9 Å². The van der Waals surface area contributed by atoms with Crippen molar-refractivity contribution >= 4 is 5.97 Å². The third-order valence-corrected chi connectivity index (χ3v) is 1.24. The van der Waals surface area contributed by atoms with E-state index in [4.69, 9.17) is 4.74 Å². The fourth-order valence-electron chi connectivity index (χ4n) is 0.615. The van der Waals surface area contributed by atoms with E-state index in [-0.39, 0.29) is 5.97 Å². The van der Waals surface area contributed by atoms with Crippen molar-refractivity contribution in [3.8, 4) is 0 Å². The third-order valence-electron chi connectivity index (χ3n) is 1.24. The summed E-state index contributed by atoms with van der Waals surface area (Å²) in [5.41, 5.74) is 0.444. The predicted octanol–water partition coefficient (Wildman–Crippen LogP) is 1.10. The molecule has 0 aliphatic carbocycles. The van der Waals surface area contributed by atoms with Crippen LogP contribution in [0.5, 0.6) is 0 Å². The smallest absolute Gasteiger partial charge is 0.333 e. The van der Waals surface area contributed by atoms with Gasteiger partial charge in [0.25, 0.3) is 0 Å². The fourth-order valence-corrected chi connectivity index (χ4v) is 0.615. The molecule has 0 atom stereocenters. The predicted molar refractivity (Wildman–Crippen MR) is 48.9 cm³/mol. The highest BCUT2D eigenvalue weighted by Gasteiger charge is 2.01. The summed E-state index contributed by atoms with van der Waals surface area (Å²) in [4.78, 5) is 10.8. The normalized spacial score (nSPS) is 10.0. The van der Waals surface area contributed by atoms with E-state index >= 15 is 0 Å². The SMILES string of the molecule is C=C(C)C(=O)OCCNC(C)C. The van der Waals surface area contributed by atoms with Crippen LogP contribution in [-0.4, -0.2) is 25.2 Å². The number of hydrogen-bond acceptors (Lipinski definition) is 3. The van der Waals surface area contributed by atoms with Crippen LogP contribution in [0.3, 0.4) is 0 Å². The molecule has 0 bridgehead atoms. The molecule has 0 saturated heterocycles. The van der Waals surface area contributed by atoms with Gasteiger partial charge in [0.05, 0.1) is 0 Å². The molecule has 0 aromatic carbocycles. The zero-order chi connectivity index (χ0) is 9.56. The lowest BCUT2D eigenvalue weighted by Crippen LogP contribution is -2.27. The average Bonchev–Trinajstić information content (AvgIpc) is 1.97. The van der Waals surface area contributed by atoms with E-state index in [0.29, 0.717) is 24.8 Å². The van der Waals surface area contributed by atoms with Crippen molar-refractivity contribution in [1.29, 1.82) is 0 Å². The first-order valence-electron chi connectivity index (χ1n) is 4.10. The van der Waals surface area contributed by atoms with Crippen LogP contribution in [-0.2, 0) is 9.53 Å². The van der Waals surface area contributed by atoms with Crippen molar-refractivity contribution in [2.24, 2.45) is 0 Å². The molecule has 0 aromatic rings. The number of hydrogen-bond donors (Lipinski definition) is 1. The fraction of sp³-hybridized carbons (Fsp3) is 0.667. The highest BCUT2D eigenvalue weighted by molar-refractivity contribution is 5.86. The zero-order valence-corrected chi connectivity index (χ0v) is 8.02. The summed E-state index contributed by atoms with van der Waals surface area (Å²) >= 11 is 0. The van der Waals surface area contributed by atoms with Gasteiger partial charge < -0.3 is 10.1 Å². The van der Waals surface area contributed by atoms with Gasteiger partial charge >= 0.3 is 5.97 Å². The van der Waals surface area contributed by atoms with Crippen LogP contribution in [0.15, 0.2) is 12.2 Å². The van der Waals surface area contributed by atoms with Gasteiger partial charge in [-0.2, -0.15) is 0 Å². The minimum Gasteiger partial charge on any atom is -0.461 e. The molecule has 0 heterocycles. The molecule has 0 unspecified atom stereocenters. The van der Waals surface area contributed by atoms with Crippen molar-refractivity contribution in [3.63, 3.8) is 0 Å². The maximum Gasteiger partial charge on any atom is 0.333 e. The molecule has 0 fully saturated rings. The molecular formula is C9H17NO2. The number of carbonyl (C=O) groups excluding carboxylic acids is 1. The first-order valence-corrected chi connectivity index (χ1v) is 4.10. The number of carbonyl (C=O) groups is 1. The van der Waals surface area contributed by atoms with Crippen LogP contribution in [0, 0.1) is 0 Å². The maximum absolute atomic E-state index is 10.8. The van der Waals surface area contributed by atoms with Crippen molar-refractivity contribution < 1.29 is 9.53 Å². The molecule has 3 heteroatoms. The van der Waals surface area contributed by atoms with Gasteiger partial charge in [-0.3, -0.25) is 0 Å². The van der Waals surface area contributed by atoms with E-state index in [1.165, 1.54) is 0 Å². The van der Waals surface area contributed by atoms with Gasteiger partial charge in [0, 0.05) is 18.2 Å². The molecule has 0 aliphatic heterocycles. The van der Waals surface area contributed by atoms with Crippen LogP contribution in [0.25, 0.3) is 0 Å². The lowest BCUT2D eigenvalue weighted by Gasteiger charge is -2.08. The molecule has 0 amide bonds. The Morgan fingerprint density at radius 1 is 1.58 bits per heavy atom. The van der Waals surface area contributed by atoms with Crippen molar-refractivity contribution in [1.82, 2.24) is 5.32 Å². The van der Waals surface area contributed by atoms with E-state index in [0.717, 1.165) is 0 Å². The van der Waals surface area contributed by atoms with Gasteiger partial charge in [-0.05, 0) is 6.92 Å². The van der Waals surface area contributed by atoms with Crippen molar-refractivity contribution in [2.45, 2.75) is 26.8 Å². The largest absolute Gasteiger partial charge is 0.461 e. The first kappa shape index (κ1) is 11.2. The average molecular weight is 171 g/mol. The standard InChI is InChI=1S/C9H17NO2/c1-7(2)9(11)12-6-5-10-8(3)4/h8,10H,1,5-6H2,2-4H3. The van der Waals surface area contributed by atoms with Crippen molar-refractivity contribution in [3.05, 3.63) is 12.2 Å². The molecule has 3 nitrogen and oxygen atoms in total. The van der Waals surface area contributed by atoms with Crippen LogP contribution >= 0.6 is 0 Å². The Kier molecular flexibility index (Phi) is 5.37. The van der Waals surface area contributed by atoms with E-state index in [9.17, 15) is 4.79 Å². The monoisotopic (exact) mass is 171 g/mol. The minimum absolute atomic E-state index is 0.319. The molecule has 0 aliphatic rings. The van der Waals surface area contributed by atoms with Gasteiger partial charge in [-0.15, -0.1) is 0 Å². The minimum atomic E-state index is -0.319. The lowest BCUT2D eigenvalue weighted by atomic mass is 10.4. The molecule has 0 spiro atoms. The summed E-state index contributed by atoms with van der Waals surface area (Å²) in [5, 5.41) is 3.13. The summed E-state index contributed by atoms with van der Waals surface area (Å²) in [6, 6.07) is 0.425. The molecule has 70 valence electrons. The number of rotatable bonds is 5. The topological polar surface area (TPSA) is 38.3 Å². The number of nitrogens with one attached hydrogen (secondary N) is 1. The van der Waals surface area contributed by atoms with Gasteiger partial charge in [-0.1, -0.05) is 20.4 Å². The summed E-state index contributed by atoms with van der Waals surface area (Å²) in [5.74, 6) is -0.319. The first-order chi connectivity index (χ1) is 5.54. The van der Waals surface area contributed by atoms with E-state index in [1.807, 2.05) is 13.8 Å². The van der Waals surface area contributed by atoms with Crippen LogP contribution in [0.1, 0.15) is 20.8 Å². The Morgan fingerprint density at radius 3 is 2.58 bits per heavy atom. The number of ether oxygens (including phenoxy) is 1. The van der Waals surface area contributed by atoms with Crippen LogP contribution in [0.2, 0.25) is 0 Å². The highest BCUT2D eigenvalue weighted by Crippen LogP contribution is 1.90. The molecule has 0 saturated carbocycles. The zero-order valence-electron chi connectivity index (χ0n) is 8.02. The Morgan fingerprint density at radius 2 is 2.17 bits per heavy atom. The number of esters is 1. The van der Waals surface area contributed by atoms with Crippen molar-refractivity contribution in [2.75, 3.05) is 13.2 Å². The second kappa shape index (κ2) is 5.77. The Balaban J connectivity index is 3.32. The lowest BCUT2D eigenvalue weighted by molar-refractivity contribution is -0.138. The summed E-state index contributed by atoms with van der Waals surface area (Å²) in [6.45, 7) is 10.3. The molecular weight excluding hydrogens is 154 g/mol. The molecule has 1 N–H and O–H groups in total. The molecule has 0 rings (SSSR count). The van der Waals surface area contributed by atoms with Crippen LogP contribution < -0.4 is 5.32 Å². The second-order valence-electron chi connectivity index (χ2n) is 3.03. The maximum atomic E-state index is 10.8. The van der Waals surface area contributed by atoms with Gasteiger partial charge in [0.1, 0.15) is 6.61 Å². The Hall–Kier alpha value is -0.830. The Labute approximate surface area is 73.8 Å².